The lowest BCUT2D eigenvalue weighted by atomic mass is 9.91. The predicted octanol–water partition coefficient (Wildman–Crippen LogP) is 5.27. The van der Waals surface area contributed by atoms with E-state index in [-0.39, 0.29) is 5.92 Å². The largest absolute Gasteiger partial charge is 0.343 e. The number of rotatable bonds is 12. The van der Waals surface area contributed by atoms with Crippen LogP contribution in [-0.4, -0.2) is 23.9 Å². The minimum atomic E-state index is 0.185. The molecule has 0 aliphatic heterocycles. The van der Waals surface area contributed by atoms with E-state index in [0.29, 0.717) is 11.8 Å². The van der Waals surface area contributed by atoms with Gasteiger partial charge in [0.2, 0.25) is 5.91 Å². The molecule has 0 saturated carbocycles. The lowest BCUT2D eigenvalue weighted by Crippen LogP contribution is -2.35. The van der Waals surface area contributed by atoms with Gasteiger partial charge in [-0.15, -0.1) is 0 Å². The molecule has 0 aliphatic rings. The third-order valence-corrected chi connectivity index (χ3v) is 4.30. The molecule has 0 aliphatic carbocycles. The molecule has 0 bridgehead atoms. The van der Waals surface area contributed by atoms with Gasteiger partial charge < -0.3 is 4.90 Å². The standard InChI is InChI=1S/C18H37NO/c1-6-9-10-11-12-13-14-16(4)15-17(5)18(20)19(7-2)8-3/h16-17H,6-15H2,1-5H3/t16-,17-/m1/s1. The molecule has 0 unspecified atom stereocenters. The van der Waals surface area contributed by atoms with Crippen molar-refractivity contribution in [2.45, 2.75) is 86.0 Å². The van der Waals surface area contributed by atoms with Crippen LogP contribution < -0.4 is 0 Å². The van der Waals surface area contributed by atoms with Gasteiger partial charge in [-0.05, 0) is 26.2 Å². The number of amides is 1. The van der Waals surface area contributed by atoms with Crippen LogP contribution in [0.5, 0.6) is 0 Å². The third-order valence-electron chi connectivity index (χ3n) is 4.30. The second-order valence-corrected chi connectivity index (χ2v) is 6.31. The molecular formula is C18H37NO. The average Bonchev–Trinajstić information content (AvgIpc) is 2.43. The molecule has 2 nitrogen and oxygen atoms in total. The van der Waals surface area contributed by atoms with E-state index in [1.165, 1.54) is 44.9 Å². The van der Waals surface area contributed by atoms with Gasteiger partial charge in [-0.25, -0.2) is 0 Å². The highest BCUT2D eigenvalue weighted by atomic mass is 16.2. The minimum Gasteiger partial charge on any atom is -0.343 e. The van der Waals surface area contributed by atoms with E-state index in [1.54, 1.807) is 0 Å². The predicted molar refractivity (Wildman–Crippen MR) is 88.9 cm³/mol. The Hall–Kier alpha value is -0.530. The van der Waals surface area contributed by atoms with E-state index < -0.39 is 0 Å². The van der Waals surface area contributed by atoms with Gasteiger partial charge in [0.1, 0.15) is 0 Å². The molecule has 1 amide bonds. The second-order valence-electron chi connectivity index (χ2n) is 6.31. The van der Waals surface area contributed by atoms with Crippen molar-refractivity contribution in [1.82, 2.24) is 4.90 Å². The molecule has 0 N–H and O–H groups in total. The van der Waals surface area contributed by atoms with E-state index in [0.717, 1.165) is 19.5 Å². The summed E-state index contributed by atoms with van der Waals surface area (Å²) in [5, 5.41) is 0. The van der Waals surface area contributed by atoms with E-state index in [4.69, 9.17) is 0 Å². The van der Waals surface area contributed by atoms with Crippen LogP contribution in [-0.2, 0) is 4.79 Å². The summed E-state index contributed by atoms with van der Waals surface area (Å²) in [6.45, 7) is 12.5. The summed E-state index contributed by atoms with van der Waals surface area (Å²) in [5.74, 6) is 1.20. The third kappa shape index (κ3) is 8.60. The SMILES string of the molecule is CCCCCCCC[C@@H](C)C[C@@H](C)C(=O)N(CC)CC. The Labute approximate surface area is 127 Å². The molecule has 0 fully saturated rings. The van der Waals surface area contributed by atoms with Crippen LogP contribution in [0.2, 0.25) is 0 Å². The van der Waals surface area contributed by atoms with Gasteiger partial charge in [0.15, 0.2) is 0 Å². The maximum Gasteiger partial charge on any atom is 0.225 e. The molecule has 2 heteroatoms. The van der Waals surface area contributed by atoms with Gasteiger partial charge in [-0.1, -0.05) is 65.7 Å². The maximum atomic E-state index is 12.2. The Morgan fingerprint density at radius 3 is 2.00 bits per heavy atom. The van der Waals surface area contributed by atoms with Gasteiger partial charge in [0.05, 0.1) is 0 Å². The fourth-order valence-electron chi connectivity index (χ4n) is 2.94. The van der Waals surface area contributed by atoms with E-state index in [1.807, 2.05) is 4.90 Å². The monoisotopic (exact) mass is 283 g/mol. The summed E-state index contributed by atoms with van der Waals surface area (Å²) in [6, 6.07) is 0. The van der Waals surface area contributed by atoms with Crippen molar-refractivity contribution in [3.63, 3.8) is 0 Å². The van der Waals surface area contributed by atoms with Crippen LogP contribution >= 0.6 is 0 Å². The van der Waals surface area contributed by atoms with Crippen molar-refractivity contribution in [1.29, 1.82) is 0 Å². The van der Waals surface area contributed by atoms with Crippen LogP contribution in [0.3, 0.4) is 0 Å². The first-order valence-corrected chi connectivity index (χ1v) is 8.85. The van der Waals surface area contributed by atoms with Crippen molar-refractivity contribution in [2.24, 2.45) is 11.8 Å². The summed E-state index contributed by atoms with van der Waals surface area (Å²) in [4.78, 5) is 14.2. The van der Waals surface area contributed by atoms with Crippen molar-refractivity contribution in [3.8, 4) is 0 Å². The first kappa shape index (κ1) is 19.5. The van der Waals surface area contributed by atoms with Gasteiger partial charge in [0, 0.05) is 19.0 Å². The molecular weight excluding hydrogens is 246 g/mol. The summed E-state index contributed by atoms with van der Waals surface area (Å²) in [7, 11) is 0. The summed E-state index contributed by atoms with van der Waals surface area (Å²) >= 11 is 0. The Balaban J connectivity index is 3.78. The zero-order chi connectivity index (χ0) is 15.4. The van der Waals surface area contributed by atoms with Crippen molar-refractivity contribution in [3.05, 3.63) is 0 Å². The number of hydrogen-bond donors (Lipinski definition) is 0. The molecule has 0 saturated heterocycles. The van der Waals surface area contributed by atoms with E-state index in [2.05, 4.69) is 34.6 Å². The fraction of sp³-hybridized carbons (Fsp3) is 0.944. The smallest absolute Gasteiger partial charge is 0.225 e. The number of unbranched alkanes of at least 4 members (excludes halogenated alkanes) is 5. The normalized spacial score (nSPS) is 14.1. The minimum absolute atomic E-state index is 0.185. The number of nitrogens with zero attached hydrogens (tertiary/aromatic N) is 1. The van der Waals surface area contributed by atoms with E-state index in [9.17, 15) is 4.79 Å². The summed E-state index contributed by atoms with van der Waals surface area (Å²) in [6.07, 6.45) is 10.5. The Morgan fingerprint density at radius 2 is 1.45 bits per heavy atom. The summed E-state index contributed by atoms with van der Waals surface area (Å²) in [5.41, 5.74) is 0. The lowest BCUT2D eigenvalue weighted by molar-refractivity contribution is -0.135. The van der Waals surface area contributed by atoms with Crippen molar-refractivity contribution in [2.75, 3.05) is 13.1 Å². The Kier molecular flexibility index (Phi) is 11.9. The van der Waals surface area contributed by atoms with Gasteiger partial charge in [-0.3, -0.25) is 4.79 Å². The molecule has 0 rings (SSSR count). The molecule has 0 spiro atoms. The molecule has 0 aromatic rings. The number of carbonyl (C=O) groups is 1. The molecule has 2 atom stereocenters. The van der Waals surface area contributed by atoms with Crippen molar-refractivity contribution >= 4 is 5.91 Å². The zero-order valence-corrected chi connectivity index (χ0v) is 14.6. The van der Waals surface area contributed by atoms with E-state index >= 15 is 0 Å². The quantitative estimate of drug-likeness (QED) is 0.447. The first-order chi connectivity index (χ1) is 9.56. The zero-order valence-electron chi connectivity index (χ0n) is 14.6. The van der Waals surface area contributed by atoms with Gasteiger partial charge in [0.25, 0.3) is 0 Å². The molecule has 0 heterocycles. The van der Waals surface area contributed by atoms with Crippen LogP contribution in [0.4, 0.5) is 0 Å². The first-order valence-electron chi connectivity index (χ1n) is 8.85. The van der Waals surface area contributed by atoms with Gasteiger partial charge in [-0.2, -0.15) is 0 Å². The van der Waals surface area contributed by atoms with Crippen LogP contribution in [0.15, 0.2) is 0 Å². The molecule has 0 radical (unpaired) electrons. The maximum absolute atomic E-state index is 12.2. The lowest BCUT2D eigenvalue weighted by Gasteiger charge is -2.24. The van der Waals surface area contributed by atoms with Crippen LogP contribution in [0.25, 0.3) is 0 Å². The molecule has 0 aromatic carbocycles. The molecule has 20 heavy (non-hydrogen) atoms. The Morgan fingerprint density at radius 1 is 0.900 bits per heavy atom. The average molecular weight is 284 g/mol. The highest BCUT2D eigenvalue weighted by Crippen LogP contribution is 2.20. The topological polar surface area (TPSA) is 20.3 Å². The highest BCUT2D eigenvalue weighted by molar-refractivity contribution is 5.78. The van der Waals surface area contributed by atoms with Crippen LogP contribution in [0, 0.1) is 11.8 Å². The number of carbonyl (C=O) groups excluding carboxylic acids is 1. The highest BCUT2D eigenvalue weighted by Gasteiger charge is 2.20. The van der Waals surface area contributed by atoms with Crippen LogP contribution in [0.1, 0.15) is 86.0 Å². The van der Waals surface area contributed by atoms with Crippen molar-refractivity contribution < 1.29 is 4.79 Å². The number of hydrogen-bond acceptors (Lipinski definition) is 1. The Bertz CT molecular complexity index is 236. The fourth-order valence-corrected chi connectivity index (χ4v) is 2.94. The molecule has 120 valence electrons. The second kappa shape index (κ2) is 12.2. The molecule has 0 aromatic heterocycles. The van der Waals surface area contributed by atoms with Gasteiger partial charge >= 0.3 is 0 Å². The summed E-state index contributed by atoms with van der Waals surface area (Å²) < 4.78 is 0.